The molecule has 1 saturated heterocycles. The minimum atomic E-state index is -0.309. The van der Waals surface area contributed by atoms with Gasteiger partial charge in [0.1, 0.15) is 0 Å². The molecule has 0 atom stereocenters. The van der Waals surface area contributed by atoms with Crippen LogP contribution in [0.3, 0.4) is 0 Å². The van der Waals surface area contributed by atoms with Crippen LogP contribution < -0.4 is 4.90 Å². The Balaban J connectivity index is 1.90. The van der Waals surface area contributed by atoms with Gasteiger partial charge >= 0.3 is 5.97 Å². The van der Waals surface area contributed by atoms with Gasteiger partial charge in [-0.2, -0.15) is 4.91 Å². The highest BCUT2D eigenvalue weighted by molar-refractivity contribution is 5.89. The van der Waals surface area contributed by atoms with Crippen LogP contribution in [0.25, 0.3) is 0 Å². The van der Waals surface area contributed by atoms with Crippen LogP contribution >= 0.6 is 0 Å². The van der Waals surface area contributed by atoms with Gasteiger partial charge in [0, 0.05) is 18.8 Å². The lowest BCUT2D eigenvalue weighted by atomic mass is 9.93. The smallest absolute Gasteiger partial charge is 0.337 e. The van der Waals surface area contributed by atoms with E-state index in [2.05, 4.69) is 14.8 Å². The molecule has 0 radical (unpaired) electrons. The standard InChI is InChI=1S/C15H20N2O3/c1-20-15(18)13-2-4-14(5-3-13)17-10-7-12(8-11-17)6-9-16-19/h2-5,12H,6-11H2,1H3. The number of nitrogens with zero attached hydrogens (tertiary/aromatic N) is 2. The van der Waals surface area contributed by atoms with E-state index in [0.29, 0.717) is 18.0 Å². The second kappa shape index (κ2) is 7.03. The number of methoxy groups -OCH3 is 1. The lowest BCUT2D eigenvalue weighted by Gasteiger charge is -2.33. The van der Waals surface area contributed by atoms with E-state index in [4.69, 9.17) is 0 Å². The Morgan fingerprint density at radius 3 is 2.50 bits per heavy atom. The molecule has 20 heavy (non-hydrogen) atoms. The van der Waals surface area contributed by atoms with Crippen molar-refractivity contribution in [1.29, 1.82) is 0 Å². The van der Waals surface area contributed by atoms with E-state index >= 15 is 0 Å². The number of nitroso groups, excluding NO2 is 1. The van der Waals surface area contributed by atoms with Crippen LogP contribution in [0.15, 0.2) is 29.4 Å². The lowest BCUT2D eigenvalue weighted by Crippen LogP contribution is -2.33. The molecule has 0 aliphatic carbocycles. The number of carbonyl (C=O) groups is 1. The number of hydrogen-bond acceptors (Lipinski definition) is 5. The first-order valence-corrected chi connectivity index (χ1v) is 6.97. The molecule has 1 aromatic carbocycles. The van der Waals surface area contributed by atoms with E-state index in [-0.39, 0.29) is 5.97 Å². The quantitative estimate of drug-likeness (QED) is 0.613. The van der Waals surface area contributed by atoms with E-state index in [1.54, 1.807) is 12.1 Å². The van der Waals surface area contributed by atoms with Crippen molar-refractivity contribution in [3.63, 3.8) is 0 Å². The van der Waals surface area contributed by atoms with Crippen LogP contribution in [0, 0.1) is 10.8 Å². The topological polar surface area (TPSA) is 59.0 Å². The molecule has 1 aliphatic rings. The highest BCUT2D eigenvalue weighted by atomic mass is 16.5. The third-order valence-corrected chi connectivity index (χ3v) is 3.90. The van der Waals surface area contributed by atoms with Gasteiger partial charge in [-0.1, -0.05) is 5.18 Å². The summed E-state index contributed by atoms with van der Waals surface area (Å²) < 4.78 is 4.69. The maximum Gasteiger partial charge on any atom is 0.337 e. The molecule has 1 fully saturated rings. The summed E-state index contributed by atoms with van der Waals surface area (Å²) in [5.74, 6) is 0.301. The van der Waals surface area contributed by atoms with Gasteiger partial charge in [-0.25, -0.2) is 4.79 Å². The van der Waals surface area contributed by atoms with Gasteiger partial charge in [0.2, 0.25) is 0 Å². The van der Waals surface area contributed by atoms with Crippen molar-refractivity contribution >= 4 is 11.7 Å². The number of piperidine rings is 1. The van der Waals surface area contributed by atoms with Gasteiger partial charge in [0.05, 0.1) is 19.2 Å². The molecule has 1 aromatic rings. The Labute approximate surface area is 118 Å². The summed E-state index contributed by atoms with van der Waals surface area (Å²) in [4.78, 5) is 23.8. The van der Waals surface area contributed by atoms with Crippen LogP contribution in [0.5, 0.6) is 0 Å². The number of anilines is 1. The van der Waals surface area contributed by atoms with E-state index in [0.717, 1.165) is 38.0 Å². The zero-order valence-electron chi connectivity index (χ0n) is 11.7. The number of rotatable bonds is 5. The van der Waals surface area contributed by atoms with Crippen molar-refractivity contribution in [2.24, 2.45) is 11.1 Å². The average Bonchev–Trinajstić information content (AvgIpc) is 2.53. The predicted molar refractivity (Wildman–Crippen MR) is 78.0 cm³/mol. The molecule has 5 heteroatoms. The summed E-state index contributed by atoms with van der Waals surface area (Å²) in [5, 5.41) is 2.93. The highest BCUT2D eigenvalue weighted by Gasteiger charge is 2.19. The molecular weight excluding hydrogens is 256 g/mol. The molecule has 1 heterocycles. The molecule has 0 amide bonds. The molecule has 0 N–H and O–H groups in total. The molecule has 0 aromatic heterocycles. The monoisotopic (exact) mass is 276 g/mol. The predicted octanol–water partition coefficient (Wildman–Crippen LogP) is 2.85. The summed E-state index contributed by atoms with van der Waals surface area (Å²) in [6.45, 7) is 2.40. The van der Waals surface area contributed by atoms with E-state index in [1.165, 1.54) is 7.11 Å². The Hall–Kier alpha value is -1.91. The molecule has 0 spiro atoms. The van der Waals surface area contributed by atoms with E-state index in [1.807, 2.05) is 12.1 Å². The SMILES string of the molecule is COC(=O)c1ccc(N2CCC(CCN=O)CC2)cc1. The molecule has 0 saturated carbocycles. The molecule has 5 nitrogen and oxygen atoms in total. The molecule has 108 valence electrons. The van der Waals surface area contributed by atoms with Gasteiger partial charge in [-0.05, 0) is 49.4 Å². The van der Waals surface area contributed by atoms with Crippen LogP contribution in [-0.2, 0) is 4.74 Å². The van der Waals surface area contributed by atoms with Gasteiger partial charge in [-0.3, -0.25) is 0 Å². The molecule has 2 rings (SSSR count). The first-order valence-electron chi connectivity index (χ1n) is 6.97. The highest BCUT2D eigenvalue weighted by Crippen LogP contribution is 2.25. The number of benzene rings is 1. The summed E-state index contributed by atoms with van der Waals surface area (Å²) in [5.41, 5.74) is 1.70. The van der Waals surface area contributed by atoms with Gasteiger partial charge in [0.25, 0.3) is 0 Å². The number of esters is 1. The van der Waals surface area contributed by atoms with Gasteiger partial charge in [-0.15, -0.1) is 0 Å². The average molecular weight is 276 g/mol. The number of hydrogen-bond donors (Lipinski definition) is 0. The fourth-order valence-corrected chi connectivity index (χ4v) is 2.64. The largest absolute Gasteiger partial charge is 0.465 e. The minimum absolute atomic E-state index is 0.309. The fraction of sp³-hybridized carbons (Fsp3) is 0.533. The fourth-order valence-electron chi connectivity index (χ4n) is 2.64. The Morgan fingerprint density at radius 1 is 1.30 bits per heavy atom. The summed E-state index contributed by atoms with van der Waals surface area (Å²) >= 11 is 0. The normalized spacial score (nSPS) is 15.9. The van der Waals surface area contributed by atoms with Crippen molar-refractivity contribution in [2.75, 3.05) is 31.6 Å². The first kappa shape index (κ1) is 14.5. The van der Waals surface area contributed by atoms with Gasteiger partial charge in [0.15, 0.2) is 0 Å². The Kier molecular flexibility index (Phi) is 5.09. The molecular formula is C15H20N2O3. The van der Waals surface area contributed by atoms with E-state index < -0.39 is 0 Å². The summed E-state index contributed by atoms with van der Waals surface area (Å²) in [6.07, 6.45) is 3.08. The van der Waals surface area contributed by atoms with Crippen molar-refractivity contribution in [2.45, 2.75) is 19.3 Å². The number of ether oxygens (including phenoxy) is 1. The van der Waals surface area contributed by atoms with E-state index in [9.17, 15) is 9.70 Å². The van der Waals surface area contributed by atoms with Crippen molar-refractivity contribution in [3.8, 4) is 0 Å². The van der Waals surface area contributed by atoms with Crippen molar-refractivity contribution in [3.05, 3.63) is 34.7 Å². The zero-order chi connectivity index (χ0) is 14.4. The van der Waals surface area contributed by atoms with Crippen LogP contribution in [0.1, 0.15) is 29.6 Å². The van der Waals surface area contributed by atoms with Crippen molar-refractivity contribution in [1.82, 2.24) is 0 Å². The second-order valence-corrected chi connectivity index (χ2v) is 5.11. The first-order chi connectivity index (χ1) is 9.74. The lowest BCUT2D eigenvalue weighted by molar-refractivity contribution is 0.0601. The molecule has 0 unspecified atom stereocenters. The van der Waals surface area contributed by atoms with Crippen LogP contribution in [0.2, 0.25) is 0 Å². The maximum atomic E-state index is 11.4. The Bertz CT molecular complexity index is 451. The minimum Gasteiger partial charge on any atom is -0.465 e. The maximum absolute atomic E-state index is 11.4. The summed E-state index contributed by atoms with van der Waals surface area (Å²) in [7, 11) is 1.38. The number of carbonyl (C=O) groups excluding carboxylic acids is 1. The third kappa shape index (κ3) is 3.56. The van der Waals surface area contributed by atoms with Crippen molar-refractivity contribution < 1.29 is 9.53 Å². The zero-order valence-corrected chi connectivity index (χ0v) is 11.7. The Morgan fingerprint density at radius 2 is 1.95 bits per heavy atom. The molecule has 0 bridgehead atoms. The van der Waals surface area contributed by atoms with Crippen LogP contribution in [0.4, 0.5) is 5.69 Å². The third-order valence-electron chi connectivity index (χ3n) is 3.90. The second-order valence-electron chi connectivity index (χ2n) is 5.11. The molecule has 1 aliphatic heterocycles. The van der Waals surface area contributed by atoms with Gasteiger partial charge < -0.3 is 9.64 Å². The summed E-state index contributed by atoms with van der Waals surface area (Å²) in [6, 6.07) is 7.51. The van der Waals surface area contributed by atoms with Crippen LogP contribution in [-0.4, -0.2) is 32.7 Å².